The van der Waals surface area contributed by atoms with E-state index in [0.717, 1.165) is 37.6 Å². The highest BCUT2D eigenvalue weighted by Gasteiger charge is 2.02. The summed E-state index contributed by atoms with van der Waals surface area (Å²) in [5.74, 6) is 3.26. The average molecular weight is 501 g/mol. The van der Waals surface area contributed by atoms with Crippen molar-refractivity contribution >= 4 is 88.3 Å². The summed E-state index contributed by atoms with van der Waals surface area (Å²) < 4.78 is 5.11. The van der Waals surface area contributed by atoms with Gasteiger partial charge in [-0.15, -0.1) is 58.8 Å². The first kappa shape index (κ1) is 27.8. The Hall–Kier alpha value is 1.80. The van der Waals surface area contributed by atoms with Crippen LogP contribution in [-0.4, -0.2) is 86.4 Å². The van der Waals surface area contributed by atoms with Gasteiger partial charge in [-0.3, -0.25) is 4.79 Å². The third-order valence-corrected chi connectivity index (χ3v) is 9.88. The van der Waals surface area contributed by atoms with Crippen LogP contribution in [0.2, 0.25) is 0 Å². The number of thioether (sulfide) groups is 7. The molecule has 0 saturated carbocycles. The summed E-state index contributed by atoms with van der Waals surface area (Å²) in [6.07, 6.45) is 2.03. The van der Waals surface area contributed by atoms with E-state index in [4.69, 9.17) is 19.6 Å². The van der Waals surface area contributed by atoms with Gasteiger partial charge in [0.2, 0.25) is 0 Å². The molecule has 1 N–H and O–H groups in total. The van der Waals surface area contributed by atoms with Crippen LogP contribution >= 0.6 is 82.3 Å². The SMILES string of the molecule is CSCSCOC(=O)CSCSCSCSCCOOCCSCCO. The van der Waals surface area contributed by atoms with Crippen molar-refractivity contribution in [2.24, 2.45) is 0 Å². The van der Waals surface area contributed by atoms with Crippen molar-refractivity contribution in [1.29, 1.82) is 0 Å². The molecule has 0 amide bonds. The zero-order chi connectivity index (χ0) is 19.1. The first-order valence-corrected chi connectivity index (χ1v) is 16.1. The third-order valence-electron chi connectivity index (χ3n) is 2.17. The Morgan fingerprint density at radius 1 is 0.808 bits per heavy atom. The number of ether oxygens (including phenoxy) is 1. The minimum Gasteiger partial charge on any atom is -0.454 e. The molecule has 0 radical (unpaired) electrons. The maximum absolute atomic E-state index is 11.4. The normalized spacial score (nSPS) is 11.0. The number of carbonyl (C=O) groups excluding carboxylic acids is 1. The molecule has 0 aliphatic rings. The molecule has 0 bridgehead atoms. The average Bonchev–Trinajstić information content (AvgIpc) is 2.65. The smallest absolute Gasteiger partial charge is 0.316 e. The van der Waals surface area contributed by atoms with Crippen LogP contribution in [0.15, 0.2) is 0 Å². The lowest BCUT2D eigenvalue weighted by atomic mass is 10.8. The summed E-state index contributed by atoms with van der Waals surface area (Å²) >= 11 is 12.1. The highest BCUT2D eigenvalue weighted by atomic mass is 32.2. The summed E-state index contributed by atoms with van der Waals surface area (Å²) in [4.78, 5) is 21.6. The maximum atomic E-state index is 11.4. The zero-order valence-electron chi connectivity index (χ0n) is 14.9. The van der Waals surface area contributed by atoms with Crippen molar-refractivity contribution < 1.29 is 24.4 Å². The fourth-order valence-corrected chi connectivity index (χ4v) is 7.26. The van der Waals surface area contributed by atoms with Crippen LogP contribution in [-0.2, 0) is 19.3 Å². The molecule has 0 rings (SSSR count). The molecule has 0 spiro atoms. The second kappa shape index (κ2) is 24.8. The Bertz CT molecular complexity index is 303. The Balaban J connectivity index is 3.07. The maximum Gasteiger partial charge on any atom is 0.316 e. The van der Waals surface area contributed by atoms with Crippen LogP contribution in [0.4, 0.5) is 0 Å². The van der Waals surface area contributed by atoms with Gasteiger partial charge in [-0.05, 0) is 6.26 Å². The Kier molecular flexibility index (Phi) is 26.6. The van der Waals surface area contributed by atoms with E-state index in [-0.39, 0.29) is 12.6 Å². The van der Waals surface area contributed by atoms with Gasteiger partial charge in [0.15, 0.2) is 0 Å². The van der Waals surface area contributed by atoms with E-state index >= 15 is 0 Å². The molecule has 0 saturated heterocycles. The van der Waals surface area contributed by atoms with Crippen LogP contribution < -0.4 is 0 Å². The monoisotopic (exact) mass is 500 g/mol. The fraction of sp³-hybridized carbons (Fsp3) is 0.929. The van der Waals surface area contributed by atoms with Crippen molar-refractivity contribution in [1.82, 2.24) is 0 Å². The van der Waals surface area contributed by atoms with Gasteiger partial charge in [0.1, 0.15) is 5.94 Å². The first-order valence-electron chi connectivity index (χ1n) is 7.77. The molecule has 156 valence electrons. The van der Waals surface area contributed by atoms with Gasteiger partial charge < -0.3 is 9.84 Å². The quantitative estimate of drug-likeness (QED) is 0.0814. The van der Waals surface area contributed by atoms with Gasteiger partial charge in [0.05, 0.1) is 25.6 Å². The molecule has 0 aliphatic heterocycles. The Morgan fingerprint density at radius 3 is 2.15 bits per heavy atom. The number of carbonyl (C=O) groups is 1. The number of hydrogen-bond donors (Lipinski definition) is 1. The minimum absolute atomic E-state index is 0.123. The van der Waals surface area contributed by atoms with E-state index in [9.17, 15) is 4.79 Å². The van der Waals surface area contributed by atoms with Crippen molar-refractivity contribution in [3.05, 3.63) is 0 Å². The molecule has 0 unspecified atom stereocenters. The van der Waals surface area contributed by atoms with Crippen molar-refractivity contribution in [2.75, 3.05) is 75.4 Å². The largest absolute Gasteiger partial charge is 0.454 e. The van der Waals surface area contributed by atoms with Crippen molar-refractivity contribution in [2.45, 2.75) is 0 Å². The molecule has 0 aliphatic carbocycles. The van der Waals surface area contributed by atoms with E-state index in [2.05, 4.69) is 0 Å². The summed E-state index contributed by atoms with van der Waals surface area (Å²) in [5, 5.41) is 12.5. The fourth-order valence-electron chi connectivity index (χ4n) is 1.17. The minimum atomic E-state index is -0.123. The molecular weight excluding hydrogens is 473 g/mol. The zero-order valence-corrected chi connectivity index (χ0v) is 20.6. The summed E-state index contributed by atoms with van der Waals surface area (Å²) in [6.45, 7) is 1.36. The van der Waals surface area contributed by atoms with Crippen LogP contribution in [0.25, 0.3) is 0 Å². The Morgan fingerprint density at radius 2 is 1.46 bits per heavy atom. The number of rotatable bonds is 21. The predicted octanol–water partition coefficient (Wildman–Crippen LogP) is 4.02. The molecule has 0 fully saturated rings. The lowest BCUT2D eigenvalue weighted by Gasteiger charge is -2.05. The molecule has 0 aromatic rings. The van der Waals surface area contributed by atoms with E-state index < -0.39 is 0 Å². The Labute approximate surface area is 187 Å². The van der Waals surface area contributed by atoms with Gasteiger partial charge in [0, 0.05) is 37.6 Å². The van der Waals surface area contributed by atoms with E-state index in [1.807, 2.05) is 41.5 Å². The topological polar surface area (TPSA) is 65.0 Å². The van der Waals surface area contributed by atoms with Gasteiger partial charge in [0.25, 0.3) is 0 Å². The molecule has 5 nitrogen and oxygen atoms in total. The number of esters is 1. The predicted molar refractivity (Wildman–Crippen MR) is 128 cm³/mol. The van der Waals surface area contributed by atoms with Crippen LogP contribution in [0.5, 0.6) is 0 Å². The number of aliphatic hydroxyl groups is 1. The van der Waals surface area contributed by atoms with E-state index in [0.29, 0.717) is 24.9 Å². The molecule has 0 atom stereocenters. The van der Waals surface area contributed by atoms with Crippen molar-refractivity contribution in [3.8, 4) is 0 Å². The summed E-state index contributed by atoms with van der Waals surface area (Å²) in [7, 11) is 0. The third kappa shape index (κ3) is 23.8. The second-order valence-corrected chi connectivity index (χ2v) is 12.8. The van der Waals surface area contributed by atoms with Crippen LogP contribution in [0.3, 0.4) is 0 Å². The first-order chi connectivity index (χ1) is 12.8. The van der Waals surface area contributed by atoms with Crippen molar-refractivity contribution in [3.63, 3.8) is 0 Å². The van der Waals surface area contributed by atoms with Gasteiger partial charge >= 0.3 is 5.97 Å². The van der Waals surface area contributed by atoms with Gasteiger partial charge in [-0.25, -0.2) is 9.78 Å². The van der Waals surface area contributed by atoms with Crippen LogP contribution in [0, 0.1) is 0 Å². The van der Waals surface area contributed by atoms with Gasteiger partial charge in [-0.2, -0.15) is 23.5 Å². The van der Waals surface area contributed by atoms with E-state index in [1.54, 1.807) is 47.0 Å². The molecule has 0 aromatic carbocycles. The molecule has 0 heterocycles. The second-order valence-electron chi connectivity index (χ2n) is 4.24. The lowest BCUT2D eigenvalue weighted by Crippen LogP contribution is -2.07. The number of aliphatic hydroxyl groups excluding tert-OH is 1. The summed E-state index contributed by atoms with van der Waals surface area (Å²) in [5.41, 5.74) is 0. The van der Waals surface area contributed by atoms with Crippen LogP contribution in [0.1, 0.15) is 0 Å². The lowest BCUT2D eigenvalue weighted by molar-refractivity contribution is -0.285. The highest BCUT2D eigenvalue weighted by molar-refractivity contribution is 8.26. The molecule has 0 aromatic heterocycles. The molecule has 12 heteroatoms. The molecule has 26 heavy (non-hydrogen) atoms. The van der Waals surface area contributed by atoms with Gasteiger partial charge in [-0.1, -0.05) is 0 Å². The summed E-state index contributed by atoms with van der Waals surface area (Å²) in [6, 6.07) is 0. The standard InChI is InChI=1S/C14H28O5S7/c1-20-10-24-9-17-14(16)8-23-12-26-13-25-11-22-7-4-19-18-3-6-21-5-2-15/h15H,2-13H2,1H3. The molecular formula is C14H28O5S7. The number of hydrogen-bond acceptors (Lipinski definition) is 12. The van der Waals surface area contributed by atoms with E-state index in [1.165, 1.54) is 0 Å². The highest BCUT2D eigenvalue weighted by Crippen LogP contribution is 2.21.